The Morgan fingerprint density at radius 2 is 2.26 bits per heavy atom. The van der Waals surface area contributed by atoms with Crippen LogP contribution < -0.4 is 10.1 Å². The van der Waals surface area contributed by atoms with Crippen LogP contribution in [0, 0.1) is 17.2 Å². The number of hydrogen-bond donors (Lipinski definition) is 1. The van der Waals surface area contributed by atoms with E-state index >= 15 is 0 Å². The van der Waals surface area contributed by atoms with Crippen molar-refractivity contribution in [2.24, 2.45) is 5.92 Å². The highest BCUT2D eigenvalue weighted by Crippen LogP contribution is 2.47. The zero-order valence-corrected chi connectivity index (χ0v) is 11.5. The molecule has 1 aromatic carbocycles. The molecule has 0 bridgehead atoms. The molecule has 0 spiro atoms. The monoisotopic (exact) mass is 260 g/mol. The number of nitriles is 1. The van der Waals surface area contributed by atoms with Gasteiger partial charge in [0.25, 0.3) is 0 Å². The molecule has 1 saturated carbocycles. The van der Waals surface area contributed by atoms with E-state index in [2.05, 4.69) is 17.5 Å². The topological polar surface area (TPSA) is 54.3 Å². The molecule has 0 aliphatic heterocycles. The van der Waals surface area contributed by atoms with Gasteiger partial charge < -0.3 is 14.8 Å². The highest BCUT2D eigenvalue weighted by Gasteiger charge is 2.37. The molecule has 4 heteroatoms. The van der Waals surface area contributed by atoms with Crippen molar-refractivity contribution in [2.45, 2.75) is 12.3 Å². The molecule has 1 N–H and O–H groups in total. The Morgan fingerprint density at radius 1 is 1.42 bits per heavy atom. The second-order valence-electron chi connectivity index (χ2n) is 4.87. The Kier molecular flexibility index (Phi) is 4.78. The Labute approximate surface area is 114 Å². The van der Waals surface area contributed by atoms with Gasteiger partial charge in [-0.1, -0.05) is 6.07 Å². The third-order valence-electron chi connectivity index (χ3n) is 3.58. The van der Waals surface area contributed by atoms with Gasteiger partial charge in [0, 0.05) is 13.7 Å². The fraction of sp³-hybridized carbons (Fsp3) is 0.533. The lowest BCUT2D eigenvalue weighted by molar-refractivity contribution is 0.199. The van der Waals surface area contributed by atoms with Crippen LogP contribution in [-0.2, 0) is 4.74 Å². The molecule has 0 heterocycles. The maximum atomic E-state index is 9.09. The lowest BCUT2D eigenvalue weighted by Gasteiger charge is -2.06. The minimum Gasteiger partial charge on any atom is -0.495 e. The molecule has 1 aliphatic carbocycles. The van der Waals surface area contributed by atoms with Crippen LogP contribution in [0.3, 0.4) is 0 Å². The van der Waals surface area contributed by atoms with Crippen LogP contribution in [0.25, 0.3) is 0 Å². The Balaban J connectivity index is 1.89. The summed E-state index contributed by atoms with van der Waals surface area (Å²) >= 11 is 0. The summed E-state index contributed by atoms with van der Waals surface area (Å²) in [5.41, 5.74) is 1.87. The summed E-state index contributed by atoms with van der Waals surface area (Å²) < 4.78 is 10.2. The van der Waals surface area contributed by atoms with E-state index in [9.17, 15) is 0 Å². The first-order valence-electron chi connectivity index (χ1n) is 6.57. The number of nitrogens with one attached hydrogen (secondary N) is 1. The fourth-order valence-electron chi connectivity index (χ4n) is 2.39. The van der Waals surface area contributed by atoms with E-state index < -0.39 is 0 Å². The van der Waals surface area contributed by atoms with Gasteiger partial charge in [-0.2, -0.15) is 5.26 Å². The zero-order chi connectivity index (χ0) is 13.7. The molecule has 0 radical (unpaired) electrons. The molecule has 1 aromatic rings. The van der Waals surface area contributed by atoms with Gasteiger partial charge in [-0.05, 0) is 42.5 Å². The van der Waals surface area contributed by atoms with Crippen LogP contribution >= 0.6 is 0 Å². The molecule has 102 valence electrons. The van der Waals surface area contributed by atoms with E-state index in [0.29, 0.717) is 23.1 Å². The highest BCUT2D eigenvalue weighted by molar-refractivity contribution is 5.47. The SMILES string of the molecule is COCCNCC1CC1c1ccc(OC)c(C#N)c1. The summed E-state index contributed by atoms with van der Waals surface area (Å²) in [6.07, 6.45) is 1.19. The molecule has 2 rings (SSSR count). The van der Waals surface area contributed by atoms with Crippen molar-refractivity contribution in [1.29, 1.82) is 5.26 Å². The largest absolute Gasteiger partial charge is 0.495 e. The van der Waals surface area contributed by atoms with Crippen LogP contribution in [0.1, 0.15) is 23.5 Å². The number of ether oxygens (including phenoxy) is 2. The van der Waals surface area contributed by atoms with Crippen molar-refractivity contribution in [3.05, 3.63) is 29.3 Å². The van der Waals surface area contributed by atoms with Crippen LogP contribution in [0.2, 0.25) is 0 Å². The van der Waals surface area contributed by atoms with E-state index in [4.69, 9.17) is 14.7 Å². The van der Waals surface area contributed by atoms with E-state index in [-0.39, 0.29) is 0 Å². The van der Waals surface area contributed by atoms with Gasteiger partial charge in [0.1, 0.15) is 11.8 Å². The van der Waals surface area contributed by atoms with Crippen molar-refractivity contribution < 1.29 is 9.47 Å². The first kappa shape index (κ1) is 13.9. The van der Waals surface area contributed by atoms with Gasteiger partial charge in [0.05, 0.1) is 19.3 Å². The van der Waals surface area contributed by atoms with Crippen LogP contribution in [-0.4, -0.2) is 33.9 Å². The molecule has 0 amide bonds. The van der Waals surface area contributed by atoms with Gasteiger partial charge in [-0.3, -0.25) is 0 Å². The molecular weight excluding hydrogens is 240 g/mol. The van der Waals surface area contributed by atoms with E-state index in [1.807, 2.05) is 12.1 Å². The molecule has 19 heavy (non-hydrogen) atoms. The van der Waals surface area contributed by atoms with Crippen molar-refractivity contribution in [1.82, 2.24) is 5.32 Å². The lowest BCUT2D eigenvalue weighted by Crippen LogP contribution is -2.21. The smallest absolute Gasteiger partial charge is 0.136 e. The lowest BCUT2D eigenvalue weighted by atomic mass is 10.1. The van der Waals surface area contributed by atoms with Crippen molar-refractivity contribution >= 4 is 0 Å². The molecule has 4 nitrogen and oxygen atoms in total. The highest BCUT2D eigenvalue weighted by atomic mass is 16.5. The number of hydrogen-bond acceptors (Lipinski definition) is 4. The third-order valence-corrected chi connectivity index (χ3v) is 3.58. The first-order chi connectivity index (χ1) is 9.30. The first-order valence-corrected chi connectivity index (χ1v) is 6.57. The average Bonchev–Trinajstić information content (AvgIpc) is 3.22. The summed E-state index contributed by atoms with van der Waals surface area (Å²) in [5, 5.41) is 12.5. The molecule has 0 saturated heterocycles. The number of methoxy groups -OCH3 is 2. The Morgan fingerprint density at radius 3 is 2.95 bits per heavy atom. The molecule has 0 aromatic heterocycles. The maximum absolute atomic E-state index is 9.09. The minimum absolute atomic E-state index is 0.577. The summed E-state index contributed by atoms with van der Waals surface area (Å²) in [5.74, 6) is 1.91. The minimum atomic E-state index is 0.577. The molecular formula is C15H20N2O2. The second kappa shape index (κ2) is 6.55. The zero-order valence-electron chi connectivity index (χ0n) is 11.5. The Hall–Kier alpha value is -1.57. The Bertz CT molecular complexity index is 468. The molecule has 1 aliphatic rings. The van der Waals surface area contributed by atoms with Gasteiger partial charge >= 0.3 is 0 Å². The molecule has 2 unspecified atom stereocenters. The third kappa shape index (κ3) is 3.46. The van der Waals surface area contributed by atoms with Crippen molar-refractivity contribution in [3.8, 4) is 11.8 Å². The van der Waals surface area contributed by atoms with E-state index in [1.165, 1.54) is 12.0 Å². The summed E-state index contributed by atoms with van der Waals surface area (Å²) in [7, 11) is 3.30. The van der Waals surface area contributed by atoms with Crippen molar-refractivity contribution in [3.63, 3.8) is 0 Å². The summed E-state index contributed by atoms with van der Waals surface area (Å²) in [4.78, 5) is 0. The fourth-order valence-corrected chi connectivity index (χ4v) is 2.39. The summed E-state index contributed by atoms with van der Waals surface area (Å²) in [6.45, 7) is 2.66. The van der Waals surface area contributed by atoms with E-state index in [0.717, 1.165) is 19.7 Å². The van der Waals surface area contributed by atoms with Crippen molar-refractivity contribution in [2.75, 3.05) is 33.9 Å². The van der Waals surface area contributed by atoms with Gasteiger partial charge in [0.2, 0.25) is 0 Å². The number of rotatable bonds is 7. The number of benzene rings is 1. The second-order valence-corrected chi connectivity index (χ2v) is 4.87. The van der Waals surface area contributed by atoms with Gasteiger partial charge in [-0.25, -0.2) is 0 Å². The summed E-state index contributed by atoms with van der Waals surface area (Å²) in [6, 6.07) is 8.10. The van der Waals surface area contributed by atoms with Crippen LogP contribution in [0.5, 0.6) is 5.75 Å². The van der Waals surface area contributed by atoms with Crippen LogP contribution in [0.4, 0.5) is 0 Å². The number of nitrogens with zero attached hydrogens (tertiary/aromatic N) is 1. The van der Waals surface area contributed by atoms with E-state index in [1.54, 1.807) is 14.2 Å². The predicted octanol–water partition coefficient (Wildman–Crippen LogP) is 1.91. The van der Waals surface area contributed by atoms with Gasteiger partial charge in [-0.15, -0.1) is 0 Å². The predicted molar refractivity (Wildman–Crippen MR) is 73.3 cm³/mol. The average molecular weight is 260 g/mol. The molecule has 2 atom stereocenters. The van der Waals surface area contributed by atoms with Crippen LogP contribution in [0.15, 0.2) is 18.2 Å². The normalized spacial score (nSPS) is 20.9. The quantitative estimate of drug-likeness (QED) is 0.761. The maximum Gasteiger partial charge on any atom is 0.136 e. The standard InChI is InChI=1S/C15H20N2O2/c1-18-6-5-17-10-13-8-14(13)11-3-4-15(19-2)12(7-11)9-16/h3-4,7,13-14,17H,5-6,8,10H2,1-2H3. The van der Waals surface area contributed by atoms with Gasteiger partial charge in [0.15, 0.2) is 0 Å². The molecule has 1 fully saturated rings.